The zero-order chi connectivity index (χ0) is 16.8. The van der Waals surface area contributed by atoms with Crippen LogP contribution in [0.3, 0.4) is 0 Å². The van der Waals surface area contributed by atoms with Crippen LogP contribution in [0.15, 0.2) is 10.9 Å². The Morgan fingerprint density at radius 1 is 1.33 bits per heavy atom. The number of nitrogens with one attached hydrogen (secondary N) is 2. The zero-order valence-corrected chi connectivity index (χ0v) is 14.1. The molecule has 0 unspecified atom stereocenters. The van der Waals surface area contributed by atoms with E-state index in [1.54, 1.807) is 6.07 Å². The Morgan fingerprint density at radius 3 is 2.92 bits per heavy atom. The second-order valence-electron chi connectivity index (χ2n) is 6.61. The number of rotatable bonds is 7. The van der Waals surface area contributed by atoms with E-state index in [9.17, 15) is 9.59 Å². The van der Waals surface area contributed by atoms with Gasteiger partial charge in [0.15, 0.2) is 0 Å². The molecule has 0 radical (unpaired) electrons. The first kappa shape index (κ1) is 17.0. The van der Waals surface area contributed by atoms with Gasteiger partial charge in [0, 0.05) is 51.0 Å². The smallest absolute Gasteiger partial charge is 0.252 e. The van der Waals surface area contributed by atoms with Gasteiger partial charge in [0.2, 0.25) is 11.9 Å². The first-order valence-corrected chi connectivity index (χ1v) is 8.90. The van der Waals surface area contributed by atoms with Crippen molar-refractivity contribution in [2.75, 3.05) is 38.2 Å². The summed E-state index contributed by atoms with van der Waals surface area (Å²) in [4.78, 5) is 32.6. The number of aromatic amines is 1. The number of ether oxygens (including phenoxy) is 1. The van der Waals surface area contributed by atoms with E-state index in [-0.39, 0.29) is 11.5 Å². The van der Waals surface area contributed by atoms with E-state index in [1.165, 1.54) is 0 Å². The van der Waals surface area contributed by atoms with Crippen LogP contribution in [0.25, 0.3) is 0 Å². The van der Waals surface area contributed by atoms with E-state index < -0.39 is 0 Å². The summed E-state index contributed by atoms with van der Waals surface area (Å²) < 4.78 is 5.35. The lowest BCUT2D eigenvalue weighted by Crippen LogP contribution is -2.26. The Labute approximate surface area is 141 Å². The first-order valence-electron chi connectivity index (χ1n) is 8.90. The van der Waals surface area contributed by atoms with E-state index in [1.807, 2.05) is 4.90 Å². The van der Waals surface area contributed by atoms with Gasteiger partial charge < -0.3 is 15.0 Å². The lowest BCUT2D eigenvalue weighted by molar-refractivity contribution is -0.127. The van der Waals surface area contributed by atoms with Gasteiger partial charge in [-0.15, -0.1) is 0 Å². The predicted octanol–water partition coefficient (Wildman–Crippen LogP) is 1.16. The molecule has 24 heavy (non-hydrogen) atoms. The minimum atomic E-state index is -0.133. The Balaban J connectivity index is 1.49. The summed E-state index contributed by atoms with van der Waals surface area (Å²) in [5.41, 5.74) is 0.645. The summed E-state index contributed by atoms with van der Waals surface area (Å²) in [6.07, 6.45) is 5.26. The third-order valence-corrected chi connectivity index (χ3v) is 4.73. The molecule has 132 valence electrons. The van der Waals surface area contributed by atoms with Crippen LogP contribution in [0.1, 0.15) is 37.8 Å². The molecule has 1 amide bonds. The molecule has 7 nitrogen and oxygen atoms in total. The minimum absolute atomic E-state index is 0.133. The van der Waals surface area contributed by atoms with Crippen LogP contribution in [-0.4, -0.2) is 53.6 Å². The minimum Gasteiger partial charge on any atom is -0.381 e. The van der Waals surface area contributed by atoms with Crippen LogP contribution < -0.4 is 10.9 Å². The van der Waals surface area contributed by atoms with Crippen molar-refractivity contribution < 1.29 is 9.53 Å². The molecule has 2 N–H and O–H groups in total. The monoisotopic (exact) mass is 334 g/mol. The van der Waals surface area contributed by atoms with Crippen LogP contribution in [0.5, 0.6) is 0 Å². The fraction of sp³-hybridized carbons (Fsp3) is 0.706. The number of aromatic nitrogens is 2. The summed E-state index contributed by atoms with van der Waals surface area (Å²) >= 11 is 0. The number of hydrogen-bond acceptors (Lipinski definition) is 5. The molecular formula is C17H26N4O3. The Hall–Kier alpha value is -1.89. The topological polar surface area (TPSA) is 87.3 Å². The number of carbonyl (C=O) groups excluding carboxylic acids is 1. The molecule has 0 aromatic carbocycles. The Bertz CT molecular complexity index is 610. The van der Waals surface area contributed by atoms with Gasteiger partial charge in [0.1, 0.15) is 0 Å². The van der Waals surface area contributed by atoms with Gasteiger partial charge >= 0.3 is 0 Å². The Morgan fingerprint density at radius 2 is 2.17 bits per heavy atom. The van der Waals surface area contributed by atoms with E-state index in [2.05, 4.69) is 15.3 Å². The van der Waals surface area contributed by atoms with Gasteiger partial charge in [-0.3, -0.25) is 14.6 Å². The van der Waals surface area contributed by atoms with Gasteiger partial charge in [0.25, 0.3) is 5.56 Å². The maximum Gasteiger partial charge on any atom is 0.252 e. The van der Waals surface area contributed by atoms with Crippen molar-refractivity contribution in [1.82, 2.24) is 14.9 Å². The highest BCUT2D eigenvalue weighted by Gasteiger charge is 2.19. The van der Waals surface area contributed by atoms with Gasteiger partial charge in [-0.25, -0.2) is 4.98 Å². The summed E-state index contributed by atoms with van der Waals surface area (Å²) in [6, 6.07) is 1.55. The maximum atomic E-state index is 11.8. The number of nitrogens with zero attached hydrogens (tertiary/aromatic N) is 2. The molecular weight excluding hydrogens is 308 g/mol. The van der Waals surface area contributed by atoms with Crippen LogP contribution in [-0.2, 0) is 16.0 Å². The molecule has 3 heterocycles. The summed E-state index contributed by atoms with van der Waals surface area (Å²) in [5, 5.41) is 3.25. The molecule has 0 saturated carbocycles. The fourth-order valence-electron chi connectivity index (χ4n) is 3.30. The van der Waals surface area contributed by atoms with E-state index in [0.717, 1.165) is 64.2 Å². The van der Waals surface area contributed by atoms with Crippen LogP contribution in [0.2, 0.25) is 0 Å². The quantitative estimate of drug-likeness (QED) is 0.781. The highest BCUT2D eigenvalue weighted by molar-refractivity contribution is 5.77. The van der Waals surface area contributed by atoms with Gasteiger partial charge in [-0.1, -0.05) is 0 Å². The lowest BCUT2D eigenvalue weighted by Gasteiger charge is -2.22. The summed E-state index contributed by atoms with van der Waals surface area (Å²) in [7, 11) is 0. The van der Waals surface area contributed by atoms with Crippen molar-refractivity contribution in [1.29, 1.82) is 0 Å². The average molecular weight is 334 g/mol. The first-order chi connectivity index (χ1) is 11.7. The number of anilines is 1. The van der Waals surface area contributed by atoms with Crippen molar-refractivity contribution in [3.8, 4) is 0 Å². The molecule has 2 aliphatic heterocycles. The summed E-state index contributed by atoms with van der Waals surface area (Å²) in [5.74, 6) is 1.35. The number of hydrogen-bond donors (Lipinski definition) is 2. The lowest BCUT2D eigenvalue weighted by atomic mass is 10.0. The maximum absolute atomic E-state index is 11.8. The van der Waals surface area contributed by atoms with Crippen molar-refractivity contribution in [3.63, 3.8) is 0 Å². The third kappa shape index (κ3) is 4.80. The highest BCUT2D eigenvalue weighted by atomic mass is 16.5. The van der Waals surface area contributed by atoms with E-state index in [4.69, 9.17) is 4.74 Å². The molecule has 1 aromatic heterocycles. The number of amides is 1. The largest absolute Gasteiger partial charge is 0.381 e. The number of carbonyl (C=O) groups is 1. The number of H-pyrrole nitrogens is 1. The second-order valence-corrected chi connectivity index (χ2v) is 6.61. The van der Waals surface area contributed by atoms with Crippen molar-refractivity contribution >= 4 is 11.9 Å². The molecule has 3 rings (SSSR count). The molecule has 1 aromatic rings. The third-order valence-electron chi connectivity index (χ3n) is 4.73. The zero-order valence-electron chi connectivity index (χ0n) is 14.1. The molecule has 2 saturated heterocycles. The standard InChI is InChI=1S/C17H26N4O3/c22-15-11-14(3-1-7-21-8-2-4-16(21)23)19-17(20-15)18-12-13-5-9-24-10-6-13/h11,13H,1-10,12H2,(H2,18,19,20,22). The van der Waals surface area contributed by atoms with E-state index in [0.29, 0.717) is 24.7 Å². The molecule has 0 bridgehead atoms. The average Bonchev–Trinajstić information content (AvgIpc) is 2.99. The molecule has 2 aliphatic rings. The predicted molar refractivity (Wildman–Crippen MR) is 91.0 cm³/mol. The fourth-order valence-corrected chi connectivity index (χ4v) is 3.30. The second kappa shape index (κ2) is 8.28. The molecule has 0 spiro atoms. The normalized spacial score (nSPS) is 19.0. The SMILES string of the molecule is O=C1CCCN1CCCc1cc(=O)[nH]c(NCC2CCOCC2)n1. The van der Waals surface area contributed by atoms with Crippen molar-refractivity contribution in [2.24, 2.45) is 5.92 Å². The molecule has 7 heteroatoms. The van der Waals surface area contributed by atoms with Gasteiger partial charge in [0.05, 0.1) is 0 Å². The van der Waals surface area contributed by atoms with Gasteiger partial charge in [-0.2, -0.15) is 0 Å². The highest BCUT2D eigenvalue weighted by Crippen LogP contribution is 2.15. The summed E-state index contributed by atoms with van der Waals surface area (Å²) in [6.45, 7) is 4.03. The van der Waals surface area contributed by atoms with Gasteiger partial charge in [-0.05, 0) is 38.0 Å². The molecule has 2 fully saturated rings. The van der Waals surface area contributed by atoms with Crippen LogP contribution in [0, 0.1) is 5.92 Å². The van der Waals surface area contributed by atoms with E-state index >= 15 is 0 Å². The molecule has 0 atom stereocenters. The van der Waals surface area contributed by atoms with Crippen LogP contribution >= 0.6 is 0 Å². The van der Waals surface area contributed by atoms with Crippen LogP contribution in [0.4, 0.5) is 5.95 Å². The Kier molecular flexibility index (Phi) is 5.85. The van der Waals surface area contributed by atoms with Crippen molar-refractivity contribution in [2.45, 2.75) is 38.5 Å². The number of aryl methyl sites for hydroxylation is 1. The van der Waals surface area contributed by atoms with Crippen molar-refractivity contribution in [3.05, 3.63) is 22.1 Å². The number of likely N-dealkylation sites (tertiary alicyclic amines) is 1. The molecule has 0 aliphatic carbocycles.